The van der Waals surface area contributed by atoms with Gasteiger partial charge in [0.1, 0.15) is 0 Å². The molecule has 1 saturated carbocycles. The highest BCUT2D eigenvalue weighted by atomic mass is 35.5. The minimum Gasteiger partial charge on any atom is -0.393 e. The van der Waals surface area contributed by atoms with Crippen LogP contribution in [0.5, 0.6) is 0 Å². The number of hydrogen-bond donors (Lipinski definition) is 2. The van der Waals surface area contributed by atoms with Crippen molar-refractivity contribution in [3.63, 3.8) is 0 Å². The summed E-state index contributed by atoms with van der Waals surface area (Å²) in [6, 6.07) is 0. The summed E-state index contributed by atoms with van der Waals surface area (Å²) >= 11 is 0. The normalized spacial score (nSPS) is 44.7. The maximum absolute atomic E-state index is 9.36. The molecule has 60 valence electrons. The van der Waals surface area contributed by atoms with E-state index in [-0.39, 0.29) is 18.5 Å². The molecule has 10 heavy (non-hydrogen) atoms. The first-order valence-corrected chi connectivity index (χ1v) is 3.76. The van der Waals surface area contributed by atoms with Gasteiger partial charge in [0.15, 0.2) is 0 Å². The van der Waals surface area contributed by atoms with Crippen molar-refractivity contribution < 1.29 is 5.11 Å². The molecule has 3 atom stereocenters. The fraction of sp³-hybridized carbons (Fsp3) is 1.00. The highest BCUT2D eigenvalue weighted by Gasteiger charge is 2.37. The summed E-state index contributed by atoms with van der Waals surface area (Å²) in [7, 11) is 0. The first kappa shape index (κ1) is 8.31. The van der Waals surface area contributed by atoms with Crippen molar-refractivity contribution in [2.24, 2.45) is 11.8 Å². The van der Waals surface area contributed by atoms with Gasteiger partial charge in [0.25, 0.3) is 0 Å². The first-order valence-electron chi connectivity index (χ1n) is 3.76. The van der Waals surface area contributed by atoms with E-state index < -0.39 is 0 Å². The van der Waals surface area contributed by atoms with E-state index in [0.29, 0.717) is 5.92 Å². The van der Waals surface area contributed by atoms with Gasteiger partial charge in [-0.05, 0) is 25.3 Å². The van der Waals surface area contributed by atoms with E-state index in [9.17, 15) is 5.11 Å². The van der Waals surface area contributed by atoms with Gasteiger partial charge >= 0.3 is 0 Å². The Bertz CT molecular complexity index is 120. The third-order valence-corrected chi connectivity index (χ3v) is 2.72. The number of aliphatic hydroxyl groups is 1. The zero-order chi connectivity index (χ0) is 6.27. The van der Waals surface area contributed by atoms with Crippen molar-refractivity contribution in [2.75, 3.05) is 13.1 Å². The molecule has 1 heterocycles. The van der Waals surface area contributed by atoms with Crippen molar-refractivity contribution in [3.05, 3.63) is 0 Å². The number of rotatable bonds is 0. The van der Waals surface area contributed by atoms with E-state index in [1.807, 2.05) is 0 Å². The van der Waals surface area contributed by atoms with Gasteiger partial charge in [-0.15, -0.1) is 12.4 Å². The van der Waals surface area contributed by atoms with E-state index in [0.717, 1.165) is 25.4 Å². The Hall–Kier alpha value is 0.210. The summed E-state index contributed by atoms with van der Waals surface area (Å²) in [5.74, 6) is 1.38. The largest absolute Gasteiger partial charge is 0.393 e. The zero-order valence-electron chi connectivity index (χ0n) is 5.92. The van der Waals surface area contributed by atoms with E-state index in [4.69, 9.17) is 0 Å². The SMILES string of the molecule is Cl.O[C@H]1CC[C@@H]2CNC[C@@H]21. The maximum atomic E-state index is 9.36. The van der Waals surface area contributed by atoms with Crippen LogP contribution in [-0.4, -0.2) is 24.3 Å². The van der Waals surface area contributed by atoms with Crippen molar-refractivity contribution >= 4 is 12.4 Å². The van der Waals surface area contributed by atoms with E-state index in [1.165, 1.54) is 6.42 Å². The van der Waals surface area contributed by atoms with Crippen molar-refractivity contribution in [2.45, 2.75) is 18.9 Å². The van der Waals surface area contributed by atoms with Crippen LogP contribution < -0.4 is 5.32 Å². The summed E-state index contributed by atoms with van der Waals surface area (Å²) in [5, 5.41) is 12.7. The number of nitrogens with one attached hydrogen (secondary N) is 1. The Morgan fingerprint density at radius 2 is 2.00 bits per heavy atom. The topological polar surface area (TPSA) is 32.3 Å². The first-order chi connectivity index (χ1) is 4.38. The molecule has 1 aliphatic heterocycles. The van der Waals surface area contributed by atoms with Crippen molar-refractivity contribution in [1.29, 1.82) is 0 Å². The van der Waals surface area contributed by atoms with Gasteiger partial charge in [-0.3, -0.25) is 0 Å². The predicted octanol–water partition coefficient (Wildman–Crippen LogP) is 0.398. The van der Waals surface area contributed by atoms with Gasteiger partial charge in [-0.1, -0.05) is 0 Å². The molecular formula is C7H14ClNO. The number of hydrogen-bond acceptors (Lipinski definition) is 2. The molecule has 0 aromatic heterocycles. The molecule has 2 aliphatic rings. The van der Waals surface area contributed by atoms with Crippen LogP contribution in [0.3, 0.4) is 0 Å². The van der Waals surface area contributed by atoms with Crippen LogP contribution in [0, 0.1) is 11.8 Å². The Morgan fingerprint density at radius 1 is 1.20 bits per heavy atom. The van der Waals surface area contributed by atoms with Crippen LogP contribution in [0.2, 0.25) is 0 Å². The quantitative estimate of drug-likeness (QED) is 0.542. The Morgan fingerprint density at radius 3 is 2.70 bits per heavy atom. The van der Waals surface area contributed by atoms with Gasteiger partial charge in [0.2, 0.25) is 0 Å². The van der Waals surface area contributed by atoms with E-state index in [2.05, 4.69) is 5.32 Å². The summed E-state index contributed by atoms with van der Waals surface area (Å²) in [6.45, 7) is 2.19. The van der Waals surface area contributed by atoms with E-state index in [1.54, 1.807) is 0 Å². The highest BCUT2D eigenvalue weighted by Crippen LogP contribution is 2.33. The molecule has 0 unspecified atom stereocenters. The Labute approximate surface area is 67.4 Å². The zero-order valence-corrected chi connectivity index (χ0v) is 6.73. The molecule has 0 radical (unpaired) electrons. The molecule has 0 aromatic rings. The second-order valence-corrected chi connectivity index (χ2v) is 3.23. The standard InChI is InChI=1S/C7H13NO.ClH/c9-7-2-1-5-3-8-4-6(5)7;/h5-9H,1-4H2;1H/t5-,6+,7+;/m1./s1. The van der Waals surface area contributed by atoms with Crippen LogP contribution in [0.1, 0.15) is 12.8 Å². The molecular weight excluding hydrogens is 150 g/mol. The molecule has 2 nitrogen and oxygen atoms in total. The summed E-state index contributed by atoms with van der Waals surface area (Å²) in [6.07, 6.45) is 2.28. The second-order valence-electron chi connectivity index (χ2n) is 3.23. The maximum Gasteiger partial charge on any atom is 0.0583 e. The molecule has 0 spiro atoms. The molecule has 2 N–H and O–H groups in total. The van der Waals surface area contributed by atoms with Crippen molar-refractivity contribution in [1.82, 2.24) is 5.32 Å². The van der Waals surface area contributed by atoms with Crippen molar-refractivity contribution in [3.8, 4) is 0 Å². The molecule has 3 heteroatoms. The van der Waals surface area contributed by atoms with Crippen LogP contribution in [0.4, 0.5) is 0 Å². The van der Waals surface area contributed by atoms with Gasteiger partial charge in [0, 0.05) is 12.5 Å². The smallest absolute Gasteiger partial charge is 0.0583 e. The molecule has 1 aliphatic carbocycles. The van der Waals surface area contributed by atoms with Crippen LogP contribution in [0.25, 0.3) is 0 Å². The Kier molecular flexibility index (Phi) is 2.55. The summed E-state index contributed by atoms with van der Waals surface area (Å²) in [4.78, 5) is 0. The predicted molar refractivity (Wildman–Crippen MR) is 42.3 cm³/mol. The Balaban J connectivity index is 0.000000500. The molecule has 0 amide bonds. The lowest BCUT2D eigenvalue weighted by Crippen LogP contribution is -2.19. The van der Waals surface area contributed by atoms with Gasteiger partial charge in [0.05, 0.1) is 6.10 Å². The number of halogens is 1. The minimum atomic E-state index is 0. The third kappa shape index (κ3) is 1.16. The molecule has 1 saturated heterocycles. The lowest BCUT2D eigenvalue weighted by molar-refractivity contribution is 0.133. The monoisotopic (exact) mass is 163 g/mol. The van der Waals surface area contributed by atoms with Crippen LogP contribution in [0.15, 0.2) is 0 Å². The van der Waals surface area contributed by atoms with Gasteiger partial charge < -0.3 is 10.4 Å². The molecule has 2 fully saturated rings. The molecule has 2 rings (SSSR count). The lowest BCUT2D eigenvalue weighted by Gasteiger charge is -2.09. The molecule has 0 aromatic carbocycles. The highest BCUT2D eigenvalue weighted by molar-refractivity contribution is 5.85. The van der Waals surface area contributed by atoms with Crippen LogP contribution in [-0.2, 0) is 0 Å². The average molecular weight is 164 g/mol. The summed E-state index contributed by atoms with van der Waals surface area (Å²) in [5.41, 5.74) is 0. The van der Waals surface area contributed by atoms with Gasteiger partial charge in [-0.2, -0.15) is 0 Å². The fourth-order valence-corrected chi connectivity index (χ4v) is 2.12. The lowest BCUT2D eigenvalue weighted by atomic mass is 10.00. The number of aliphatic hydroxyl groups excluding tert-OH is 1. The average Bonchev–Trinajstić information content (AvgIpc) is 2.35. The minimum absolute atomic E-state index is 0. The second kappa shape index (κ2) is 3.07. The van der Waals surface area contributed by atoms with Gasteiger partial charge in [-0.25, -0.2) is 0 Å². The molecule has 0 bridgehead atoms. The number of fused-ring (bicyclic) bond motifs is 1. The fourth-order valence-electron chi connectivity index (χ4n) is 2.12. The van der Waals surface area contributed by atoms with E-state index >= 15 is 0 Å². The third-order valence-electron chi connectivity index (χ3n) is 2.72. The summed E-state index contributed by atoms with van der Waals surface area (Å²) < 4.78 is 0. The van der Waals surface area contributed by atoms with Crippen LogP contribution >= 0.6 is 12.4 Å².